The first-order valence-corrected chi connectivity index (χ1v) is 24.4. The second-order valence-corrected chi connectivity index (χ2v) is 18.2. The van der Waals surface area contributed by atoms with Crippen LogP contribution in [0.2, 0.25) is 0 Å². The second kappa shape index (κ2) is 23.6. The molecule has 3 unspecified atom stereocenters. The molecule has 4 aromatic carbocycles. The lowest BCUT2D eigenvalue weighted by Gasteiger charge is -2.37. The second-order valence-electron chi connectivity index (χ2n) is 18.2. The highest BCUT2D eigenvalue weighted by atomic mass is 19.1. The Kier molecular flexibility index (Phi) is 16.5. The summed E-state index contributed by atoms with van der Waals surface area (Å²) < 4.78 is 34.8. The zero-order valence-electron chi connectivity index (χ0n) is 42.1. The molecule has 0 spiro atoms. The number of fused-ring (bicyclic) bond motifs is 1. The Balaban J connectivity index is 0.00000416. The smallest absolute Gasteiger partial charge is 0.341 e. The maximum atomic E-state index is 15.8. The Morgan fingerprint density at radius 1 is 0.613 bits per heavy atom. The van der Waals surface area contributed by atoms with Crippen molar-refractivity contribution in [2.45, 2.75) is 37.0 Å². The molecule has 2 aliphatic heterocycles. The molecule has 27 heteroatoms. The Labute approximate surface area is 450 Å². The first-order valence-electron chi connectivity index (χ1n) is 24.4. The third-order valence-corrected chi connectivity index (χ3v) is 13.1. The number of amides is 3. The molecule has 0 radical (unpaired) electrons. The van der Waals surface area contributed by atoms with Crippen LogP contribution in [0.1, 0.15) is 60.3 Å². The number of pyridine rings is 2. The number of anilines is 2. The summed E-state index contributed by atoms with van der Waals surface area (Å²) in [6, 6.07) is 9.13. The van der Waals surface area contributed by atoms with E-state index in [9.17, 15) is 74.1 Å². The number of aromatic carboxylic acids is 1. The molecule has 1 saturated carbocycles. The lowest BCUT2D eigenvalue weighted by molar-refractivity contribution is -0.595. The monoisotopic (exact) mass is 1110 g/mol. The SMILES string of the molecule is CO.O=C(NC1COC(=O)C(NC(=O)c2cccc(O)c2O)COC(=O)C(NC(=O)c2c(-[n+]3cccc(N4CCN(c5cc6c(cc5F)c(=O)c(C(=O)O)cn6C5CC5)CC4)c3)ccc(O)c2O)COC1=O)c1cccc(O)c1O. The van der Waals surface area contributed by atoms with Crippen LogP contribution in [0, 0.1) is 5.82 Å². The van der Waals surface area contributed by atoms with Gasteiger partial charge in [-0.05, 0) is 61.4 Å². The van der Waals surface area contributed by atoms with E-state index in [1.165, 1.54) is 35.2 Å². The summed E-state index contributed by atoms with van der Waals surface area (Å²) in [5.41, 5.74) is -1.77. The number of para-hydroxylation sites is 2. The number of aromatic hydroxyl groups is 6. The van der Waals surface area contributed by atoms with Gasteiger partial charge in [0.1, 0.15) is 36.9 Å². The predicted molar refractivity (Wildman–Crippen MR) is 273 cm³/mol. The molecule has 26 nitrogen and oxygen atoms in total. The molecule has 3 aliphatic rings. The lowest BCUT2D eigenvalue weighted by atomic mass is 10.1. The van der Waals surface area contributed by atoms with Crippen LogP contribution >= 0.6 is 0 Å². The van der Waals surface area contributed by atoms with Gasteiger partial charge < -0.3 is 85.4 Å². The topological polar surface area (TPSA) is 377 Å². The fourth-order valence-corrected chi connectivity index (χ4v) is 8.86. The minimum atomic E-state index is -2.01. The minimum Gasteiger partial charge on any atom is -0.504 e. The summed E-state index contributed by atoms with van der Waals surface area (Å²) in [6.07, 6.45) is 5.93. The first kappa shape index (κ1) is 56.0. The number of carbonyl (C=O) groups is 7. The lowest BCUT2D eigenvalue weighted by Crippen LogP contribution is -2.53. The summed E-state index contributed by atoms with van der Waals surface area (Å²) in [7, 11) is 1.00. The Morgan fingerprint density at radius 2 is 1.11 bits per heavy atom. The molecular formula is C53H51FN7O19+. The van der Waals surface area contributed by atoms with Gasteiger partial charge in [0, 0.05) is 63.0 Å². The van der Waals surface area contributed by atoms with Gasteiger partial charge in [-0.25, -0.2) is 23.6 Å². The van der Waals surface area contributed by atoms with Crippen LogP contribution in [-0.4, -0.2) is 158 Å². The van der Waals surface area contributed by atoms with Crippen molar-refractivity contribution in [2.24, 2.45) is 0 Å². The van der Waals surface area contributed by atoms with Gasteiger partial charge in [-0.15, -0.1) is 0 Å². The molecular weight excluding hydrogens is 1060 g/mol. The quantitative estimate of drug-likeness (QED) is 0.0372. The summed E-state index contributed by atoms with van der Waals surface area (Å²) in [5, 5.41) is 85.8. The molecule has 3 atom stereocenters. The van der Waals surface area contributed by atoms with Crippen molar-refractivity contribution in [3.63, 3.8) is 0 Å². The number of halogens is 1. The summed E-state index contributed by atoms with van der Waals surface area (Å²) in [5.74, 6) is -14.8. The van der Waals surface area contributed by atoms with Crippen LogP contribution < -0.4 is 35.7 Å². The number of aliphatic hydroxyl groups is 1. The van der Waals surface area contributed by atoms with E-state index >= 15 is 4.39 Å². The molecule has 3 fully saturated rings. The zero-order valence-corrected chi connectivity index (χ0v) is 42.1. The van der Waals surface area contributed by atoms with Crippen molar-refractivity contribution in [3.05, 3.63) is 130 Å². The van der Waals surface area contributed by atoms with Crippen molar-refractivity contribution in [1.82, 2.24) is 20.5 Å². The molecule has 2 aromatic heterocycles. The van der Waals surface area contributed by atoms with Gasteiger partial charge in [0.25, 0.3) is 17.7 Å². The predicted octanol–water partition coefficient (Wildman–Crippen LogP) is 0.958. The number of cyclic esters (lactones) is 3. The van der Waals surface area contributed by atoms with Gasteiger partial charge in [0.15, 0.2) is 70.6 Å². The van der Waals surface area contributed by atoms with Gasteiger partial charge in [-0.2, -0.15) is 4.57 Å². The number of benzene rings is 4. The third-order valence-electron chi connectivity index (χ3n) is 13.1. The van der Waals surface area contributed by atoms with Crippen molar-refractivity contribution in [1.29, 1.82) is 0 Å². The van der Waals surface area contributed by atoms with Gasteiger partial charge in [0.05, 0.1) is 22.3 Å². The van der Waals surface area contributed by atoms with Crippen LogP contribution in [0.3, 0.4) is 0 Å². The van der Waals surface area contributed by atoms with E-state index in [1.807, 2.05) is 4.90 Å². The maximum absolute atomic E-state index is 15.8. The fourth-order valence-electron chi connectivity index (χ4n) is 8.86. The highest BCUT2D eigenvalue weighted by Gasteiger charge is 2.37. The van der Waals surface area contributed by atoms with Crippen molar-refractivity contribution in [3.8, 4) is 40.2 Å². The number of hydrogen-bond donors (Lipinski definition) is 11. The number of aromatic nitrogens is 2. The van der Waals surface area contributed by atoms with Crippen molar-refractivity contribution < 1.29 is 97.6 Å². The molecule has 0 bridgehead atoms. The average Bonchev–Trinajstić information content (AvgIpc) is 4.33. The molecule has 80 heavy (non-hydrogen) atoms. The van der Waals surface area contributed by atoms with Crippen LogP contribution in [0.25, 0.3) is 16.6 Å². The number of piperazine rings is 1. The Bertz CT molecular complexity index is 3460. The first-order chi connectivity index (χ1) is 38.3. The molecule has 11 N–H and O–H groups in total. The number of phenols is 6. The molecule has 418 valence electrons. The number of hydrogen-bond acceptors (Lipinski definition) is 20. The van der Waals surface area contributed by atoms with Gasteiger partial charge >= 0.3 is 23.9 Å². The van der Waals surface area contributed by atoms with E-state index in [0.717, 1.165) is 56.3 Å². The van der Waals surface area contributed by atoms with Crippen LogP contribution in [0.4, 0.5) is 15.8 Å². The fraction of sp³-hybridized carbons (Fsp3) is 0.264. The number of nitrogens with zero attached hydrogens (tertiary/aromatic N) is 4. The molecule has 4 heterocycles. The summed E-state index contributed by atoms with van der Waals surface area (Å²) in [4.78, 5) is 111. The number of ether oxygens (including phenoxy) is 3. The summed E-state index contributed by atoms with van der Waals surface area (Å²) >= 11 is 0. The van der Waals surface area contributed by atoms with E-state index < -0.39 is 148 Å². The van der Waals surface area contributed by atoms with Gasteiger partial charge in [-0.1, -0.05) is 12.1 Å². The van der Waals surface area contributed by atoms with Crippen LogP contribution in [-0.2, 0) is 28.6 Å². The summed E-state index contributed by atoms with van der Waals surface area (Å²) in [6.45, 7) is -1.88. The van der Waals surface area contributed by atoms with Gasteiger partial charge in [-0.3, -0.25) is 19.2 Å². The normalized spacial score (nSPS) is 17.7. The molecule has 3 amide bonds. The number of carbonyl (C=O) groups excluding carboxylic acids is 6. The molecule has 2 saturated heterocycles. The van der Waals surface area contributed by atoms with E-state index in [0.29, 0.717) is 24.3 Å². The third kappa shape index (κ3) is 11.7. The number of rotatable bonds is 11. The number of phenolic OH excluding ortho intramolecular Hbond substituents is 6. The Hall–Kier alpha value is -10.2. The molecule has 9 rings (SSSR count). The zero-order chi connectivity index (χ0) is 57.7. The van der Waals surface area contributed by atoms with E-state index in [4.69, 9.17) is 19.3 Å². The van der Waals surface area contributed by atoms with Crippen LogP contribution in [0.15, 0.2) is 96.2 Å². The highest BCUT2D eigenvalue weighted by Crippen LogP contribution is 2.39. The van der Waals surface area contributed by atoms with Gasteiger partial charge in [0.2, 0.25) is 11.1 Å². The largest absolute Gasteiger partial charge is 0.504 e. The number of esters is 3. The molecule has 1 aliphatic carbocycles. The van der Waals surface area contributed by atoms with E-state index in [2.05, 4.69) is 16.0 Å². The number of nitrogens with one attached hydrogen (secondary N) is 3. The number of carboxylic acid groups (broad SMARTS) is 1. The average molecular weight is 1110 g/mol. The highest BCUT2D eigenvalue weighted by molar-refractivity contribution is 6.03. The van der Waals surface area contributed by atoms with Crippen molar-refractivity contribution >= 4 is 63.9 Å². The van der Waals surface area contributed by atoms with Crippen LogP contribution in [0.5, 0.6) is 34.5 Å². The standard InChI is InChI=1S/C52H46FN7O18.CH4O/c53-31-18-29-36(60(25-9-10-25)21-30(42(29)64)49(71)72)19-37(31)58-16-14-57(15-17-58)26-4-3-13-59(20-26)35-11-12-40(63)45(67)41(35)48(70)56-34-24-78-51(74)32(54-46(68)27-5-1-7-38(61)43(27)65)22-76-50(73)33(23-77-52(34)75)55-47(69)28-6-2-8-39(62)44(28)66;1-2/h1-8,11-13,18-21,25,32-34H,9-10,14-17,22-24H2,(H9-,54,55,56,61,62,63,65,66,67,68,69,70,71,72);2H,1H3/p+1. The number of aliphatic hydroxyl groups excluding tert-OH is 1. The van der Waals surface area contributed by atoms with E-state index in [1.54, 1.807) is 33.9 Å². The number of carboxylic acids is 1. The Morgan fingerprint density at radius 3 is 1.62 bits per heavy atom. The maximum Gasteiger partial charge on any atom is 0.341 e. The van der Waals surface area contributed by atoms with Crippen molar-refractivity contribution in [2.75, 3.05) is 62.9 Å². The molecule has 6 aromatic rings. The van der Waals surface area contributed by atoms with E-state index in [-0.39, 0.29) is 35.9 Å². The minimum absolute atomic E-state index is 0.0299.